The largest absolute Gasteiger partial charge is 0.508 e. The summed E-state index contributed by atoms with van der Waals surface area (Å²) in [7, 11) is 2.97. The fourth-order valence-electron chi connectivity index (χ4n) is 3.25. The van der Waals surface area contributed by atoms with Gasteiger partial charge in [-0.1, -0.05) is 30.3 Å². The molecule has 0 saturated heterocycles. The van der Waals surface area contributed by atoms with Gasteiger partial charge in [-0.05, 0) is 17.7 Å². The second-order valence-corrected chi connectivity index (χ2v) is 7.00. The van der Waals surface area contributed by atoms with E-state index in [4.69, 9.17) is 0 Å². The molecule has 0 bridgehead atoms. The smallest absolute Gasteiger partial charge is 0.332 e. The summed E-state index contributed by atoms with van der Waals surface area (Å²) in [6, 6.07) is 13.6. The van der Waals surface area contributed by atoms with Crippen LogP contribution in [-0.4, -0.2) is 35.1 Å². The van der Waals surface area contributed by atoms with Crippen LogP contribution in [0.5, 0.6) is 11.5 Å². The van der Waals surface area contributed by atoms with E-state index in [1.165, 1.54) is 36.0 Å². The van der Waals surface area contributed by atoms with Gasteiger partial charge in [0.1, 0.15) is 11.5 Å². The fraction of sp³-hybridized carbons (Fsp3) is 0.143. The van der Waals surface area contributed by atoms with Crippen LogP contribution < -0.4 is 16.7 Å². The van der Waals surface area contributed by atoms with Crippen molar-refractivity contribution in [3.8, 4) is 11.5 Å². The van der Waals surface area contributed by atoms with Crippen LogP contribution in [0.4, 0.5) is 5.95 Å². The Bertz CT molecular complexity index is 1420. The van der Waals surface area contributed by atoms with Crippen molar-refractivity contribution in [2.24, 2.45) is 19.2 Å². The van der Waals surface area contributed by atoms with E-state index in [2.05, 4.69) is 15.5 Å². The molecule has 0 aliphatic heterocycles. The first-order chi connectivity index (χ1) is 14.9. The normalized spacial score (nSPS) is 11.4. The van der Waals surface area contributed by atoms with Gasteiger partial charge in [-0.2, -0.15) is 10.1 Å². The van der Waals surface area contributed by atoms with Gasteiger partial charge in [0.15, 0.2) is 11.2 Å². The number of hydrazone groups is 1. The summed E-state index contributed by atoms with van der Waals surface area (Å²) < 4.78 is 3.99. The number of phenolic OH excluding ortho intramolecular Hbond substituents is 2. The first kappa shape index (κ1) is 20.0. The number of aryl methyl sites for hydroxylation is 1. The molecule has 0 radical (unpaired) electrons. The minimum Gasteiger partial charge on any atom is -0.508 e. The van der Waals surface area contributed by atoms with Crippen LogP contribution in [0.25, 0.3) is 11.2 Å². The molecule has 2 aromatic heterocycles. The summed E-state index contributed by atoms with van der Waals surface area (Å²) in [5.41, 5.74) is 3.65. The highest BCUT2D eigenvalue weighted by molar-refractivity contribution is 5.84. The van der Waals surface area contributed by atoms with Gasteiger partial charge in [0, 0.05) is 25.7 Å². The number of nitrogens with one attached hydrogen (secondary N) is 1. The van der Waals surface area contributed by atoms with Crippen molar-refractivity contribution in [1.82, 2.24) is 18.7 Å². The Morgan fingerprint density at radius 2 is 1.81 bits per heavy atom. The number of phenols is 2. The van der Waals surface area contributed by atoms with Crippen LogP contribution in [0.15, 0.2) is 63.2 Å². The summed E-state index contributed by atoms with van der Waals surface area (Å²) in [4.78, 5) is 29.6. The zero-order valence-electron chi connectivity index (χ0n) is 16.9. The Labute approximate surface area is 176 Å². The van der Waals surface area contributed by atoms with E-state index in [9.17, 15) is 19.8 Å². The van der Waals surface area contributed by atoms with Crippen LogP contribution in [0.2, 0.25) is 0 Å². The molecule has 0 atom stereocenters. The van der Waals surface area contributed by atoms with Gasteiger partial charge >= 0.3 is 5.69 Å². The summed E-state index contributed by atoms with van der Waals surface area (Å²) in [6.07, 6.45) is 1.36. The molecule has 0 spiro atoms. The second-order valence-electron chi connectivity index (χ2n) is 7.00. The number of fused-ring (bicyclic) bond motifs is 1. The molecule has 3 N–H and O–H groups in total. The number of aromatic hydroxyl groups is 2. The summed E-state index contributed by atoms with van der Waals surface area (Å²) >= 11 is 0. The highest BCUT2D eigenvalue weighted by atomic mass is 16.3. The molecule has 0 aliphatic carbocycles. The van der Waals surface area contributed by atoms with E-state index in [1.54, 1.807) is 11.6 Å². The maximum Gasteiger partial charge on any atom is 0.332 e. The first-order valence-electron chi connectivity index (χ1n) is 9.38. The lowest BCUT2D eigenvalue weighted by Gasteiger charge is -2.09. The van der Waals surface area contributed by atoms with E-state index >= 15 is 0 Å². The minimum atomic E-state index is -0.481. The molecule has 0 aliphatic rings. The first-order valence-corrected chi connectivity index (χ1v) is 9.38. The minimum absolute atomic E-state index is 0.0657. The Balaban J connectivity index is 1.81. The lowest BCUT2D eigenvalue weighted by Crippen LogP contribution is -2.37. The van der Waals surface area contributed by atoms with Crippen molar-refractivity contribution in [3.63, 3.8) is 0 Å². The summed E-state index contributed by atoms with van der Waals surface area (Å²) in [5, 5.41) is 23.4. The molecule has 0 unspecified atom stereocenters. The molecular weight excluding hydrogens is 400 g/mol. The van der Waals surface area contributed by atoms with Gasteiger partial charge in [0.05, 0.1) is 12.8 Å². The molecule has 4 aromatic rings. The van der Waals surface area contributed by atoms with Gasteiger partial charge in [0.25, 0.3) is 5.56 Å². The standard InChI is InChI=1S/C21H20N6O4/c1-25-18-17(19(30)26(2)21(25)31)27(12-13-6-4-3-5-7-13)20(23-18)24-22-11-14-8-9-15(28)10-16(14)29/h3-11,28-29H,12H2,1-2H3,(H,23,24)/b22-11+. The van der Waals surface area contributed by atoms with Gasteiger partial charge in [0.2, 0.25) is 5.95 Å². The molecule has 2 aromatic carbocycles. The Morgan fingerprint density at radius 3 is 2.52 bits per heavy atom. The number of benzene rings is 2. The molecule has 10 nitrogen and oxygen atoms in total. The average molecular weight is 420 g/mol. The zero-order chi connectivity index (χ0) is 22.1. The van der Waals surface area contributed by atoms with E-state index in [0.29, 0.717) is 12.1 Å². The average Bonchev–Trinajstić information content (AvgIpc) is 3.11. The zero-order valence-corrected chi connectivity index (χ0v) is 16.9. The number of imidazole rings is 1. The number of rotatable bonds is 5. The van der Waals surface area contributed by atoms with E-state index < -0.39 is 11.2 Å². The quantitative estimate of drug-likeness (QED) is 0.330. The van der Waals surface area contributed by atoms with Crippen LogP contribution >= 0.6 is 0 Å². The molecule has 0 amide bonds. The Morgan fingerprint density at radius 1 is 1.06 bits per heavy atom. The van der Waals surface area contributed by atoms with Crippen LogP contribution in [0.3, 0.4) is 0 Å². The molecule has 158 valence electrons. The summed E-state index contributed by atoms with van der Waals surface area (Å²) in [6.45, 7) is 0.326. The number of hydrogen-bond acceptors (Lipinski definition) is 7. The van der Waals surface area contributed by atoms with Crippen molar-refractivity contribution in [3.05, 3.63) is 80.5 Å². The highest BCUT2D eigenvalue weighted by Crippen LogP contribution is 2.21. The summed E-state index contributed by atoms with van der Waals surface area (Å²) in [5.74, 6) is 0.0512. The topological polar surface area (TPSA) is 127 Å². The molecule has 10 heteroatoms. The van der Waals surface area contributed by atoms with Crippen LogP contribution in [0.1, 0.15) is 11.1 Å². The third kappa shape index (κ3) is 3.66. The SMILES string of the molecule is Cn1c(=O)c2c(nc(N/N=C/c3ccc(O)cc3O)n2Cc2ccccc2)n(C)c1=O. The van der Waals surface area contributed by atoms with Gasteiger partial charge < -0.3 is 10.2 Å². The Hall–Kier alpha value is -4.34. The molecule has 2 heterocycles. The van der Waals surface area contributed by atoms with Gasteiger partial charge in [-0.15, -0.1) is 0 Å². The third-order valence-corrected chi connectivity index (χ3v) is 4.91. The van der Waals surface area contributed by atoms with Crippen molar-refractivity contribution < 1.29 is 10.2 Å². The molecule has 0 saturated carbocycles. The number of nitrogens with zero attached hydrogens (tertiary/aromatic N) is 5. The molecule has 4 rings (SSSR count). The van der Waals surface area contributed by atoms with E-state index in [-0.39, 0.29) is 28.6 Å². The lowest BCUT2D eigenvalue weighted by molar-refractivity contribution is 0.450. The maximum atomic E-state index is 12.9. The van der Waals surface area contributed by atoms with Gasteiger partial charge in [-0.3, -0.25) is 18.5 Å². The Kier molecular flexibility index (Phi) is 5.04. The van der Waals surface area contributed by atoms with Crippen molar-refractivity contribution in [2.75, 3.05) is 5.43 Å². The van der Waals surface area contributed by atoms with Gasteiger partial charge in [-0.25, -0.2) is 10.2 Å². The predicted molar refractivity (Wildman–Crippen MR) is 117 cm³/mol. The van der Waals surface area contributed by atoms with E-state index in [0.717, 1.165) is 10.1 Å². The van der Waals surface area contributed by atoms with Crippen molar-refractivity contribution in [1.29, 1.82) is 0 Å². The molecule has 31 heavy (non-hydrogen) atoms. The highest BCUT2D eigenvalue weighted by Gasteiger charge is 2.19. The number of aromatic nitrogens is 4. The van der Waals surface area contributed by atoms with Crippen LogP contribution in [-0.2, 0) is 20.6 Å². The van der Waals surface area contributed by atoms with Crippen molar-refractivity contribution in [2.45, 2.75) is 6.54 Å². The fourth-order valence-corrected chi connectivity index (χ4v) is 3.25. The van der Waals surface area contributed by atoms with Crippen molar-refractivity contribution >= 4 is 23.3 Å². The second kappa shape index (κ2) is 7.82. The van der Waals surface area contributed by atoms with E-state index in [1.807, 2.05) is 30.3 Å². The monoisotopic (exact) mass is 420 g/mol. The maximum absolute atomic E-state index is 12.9. The lowest BCUT2D eigenvalue weighted by atomic mass is 10.2. The number of hydrogen-bond donors (Lipinski definition) is 3. The third-order valence-electron chi connectivity index (χ3n) is 4.91. The van der Waals surface area contributed by atoms with Crippen LogP contribution in [0, 0.1) is 0 Å². The number of anilines is 1. The molecule has 0 fully saturated rings. The predicted octanol–water partition coefficient (Wildman–Crippen LogP) is 1.34. The molecular formula is C21H20N6O4.